The second-order valence-corrected chi connectivity index (χ2v) is 3.81. The molecule has 1 aromatic rings. The normalized spacial score (nSPS) is 21.6. The molecule has 4 nitrogen and oxygen atoms in total. The van der Waals surface area contributed by atoms with Crippen LogP contribution in [0.15, 0.2) is 23.1 Å². The van der Waals surface area contributed by atoms with Crippen molar-refractivity contribution in [2.75, 3.05) is 11.4 Å². The Morgan fingerprint density at radius 2 is 2.29 bits per heavy atom. The zero-order chi connectivity index (χ0) is 10.1. The second-order valence-electron chi connectivity index (χ2n) is 3.19. The van der Waals surface area contributed by atoms with Crippen LogP contribution in [0.3, 0.4) is 0 Å². The van der Waals surface area contributed by atoms with Gasteiger partial charge in [-0.1, -0.05) is 0 Å². The van der Waals surface area contributed by atoms with Gasteiger partial charge in [0.15, 0.2) is 0 Å². The molecule has 1 aromatic heterocycles. The van der Waals surface area contributed by atoms with Crippen LogP contribution in [0.2, 0.25) is 0 Å². The van der Waals surface area contributed by atoms with Crippen LogP contribution >= 0.6 is 11.6 Å². The molecule has 0 aliphatic carbocycles. The summed E-state index contributed by atoms with van der Waals surface area (Å²) in [5.74, 6) is -0.0956. The number of carbonyl (C=O) groups is 1. The van der Waals surface area contributed by atoms with Gasteiger partial charge in [-0.15, -0.1) is 11.6 Å². The number of rotatable bonds is 1. The van der Waals surface area contributed by atoms with E-state index in [0.29, 0.717) is 18.7 Å². The average Bonchev–Trinajstić information content (AvgIpc) is 2.46. The van der Waals surface area contributed by atoms with E-state index in [4.69, 9.17) is 11.6 Å². The molecule has 1 atom stereocenters. The van der Waals surface area contributed by atoms with Crippen molar-refractivity contribution in [3.05, 3.63) is 28.7 Å². The van der Waals surface area contributed by atoms with Gasteiger partial charge in [-0.3, -0.25) is 9.59 Å². The molecule has 0 saturated carbocycles. The van der Waals surface area contributed by atoms with Crippen LogP contribution in [-0.2, 0) is 4.79 Å². The average molecular weight is 213 g/mol. The van der Waals surface area contributed by atoms with E-state index >= 15 is 0 Å². The smallest absolute Gasteiger partial charge is 0.271 e. The van der Waals surface area contributed by atoms with Gasteiger partial charge in [0.1, 0.15) is 5.69 Å². The lowest BCUT2D eigenvalue weighted by Gasteiger charge is -2.13. The largest absolute Gasteiger partial charge is 0.327 e. The van der Waals surface area contributed by atoms with Gasteiger partial charge in [0.25, 0.3) is 5.56 Å². The van der Waals surface area contributed by atoms with E-state index in [1.807, 2.05) is 0 Å². The Labute approximate surface area is 85.5 Å². The van der Waals surface area contributed by atoms with Gasteiger partial charge >= 0.3 is 0 Å². The van der Waals surface area contributed by atoms with Crippen molar-refractivity contribution in [2.45, 2.75) is 11.8 Å². The number of H-pyrrole nitrogens is 1. The van der Waals surface area contributed by atoms with E-state index in [1.165, 1.54) is 11.1 Å². The first-order valence-electron chi connectivity index (χ1n) is 4.30. The number of pyridine rings is 1. The minimum absolute atomic E-state index is 0.0956. The number of aromatic amines is 1. The summed E-state index contributed by atoms with van der Waals surface area (Å²) in [7, 11) is 0. The topological polar surface area (TPSA) is 53.2 Å². The number of hydrogen-bond donors (Lipinski definition) is 1. The molecule has 1 fully saturated rings. The van der Waals surface area contributed by atoms with Gasteiger partial charge < -0.3 is 9.88 Å². The van der Waals surface area contributed by atoms with Crippen LogP contribution in [-0.4, -0.2) is 22.8 Å². The first-order chi connectivity index (χ1) is 6.68. The number of carbonyl (C=O) groups excluding carboxylic acids is 1. The van der Waals surface area contributed by atoms with Crippen molar-refractivity contribution in [3.8, 4) is 0 Å². The summed E-state index contributed by atoms with van der Waals surface area (Å²) in [6.45, 7) is 0.410. The highest BCUT2D eigenvalue weighted by Crippen LogP contribution is 2.20. The summed E-state index contributed by atoms with van der Waals surface area (Å²) in [6.07, 6.45) is 1.83. The van der Waals surface area contributed by atoms with Crippen molar-refractivity contribution >= 4 is 23.2 Å². The molecule has 1 N–H and O–H groups in total. The minimum atomic E-state index is -0.258. The predicted octanol–water partition coefficient (Wildman–Crippen LogP) is 0.719. The summed E-state index contributed by atoms with van der Waals surface area (Å²) in [6, 6.07) is 3.30. The Balaban J connectivity index is 2.37. The molecule has 0 bridgehead atoms. The van der Waals surface area contributed by atoms with Crippen LogP contribution in [0.1, 0.15) is 6.42 Å². The van der Waals surface area contributed by atoms with Crippen LogP contribution in [0.5, 0.6) is 0 Å². The molecule has 14 heavy (non-hydrogen) atoms. The summed E-state index contributed by atoms with van der Waals surface area (Å²) in [5.41, 5.74) is 0.118. The number of aromatic nitrogens is 1. The van der Waals surface area contributed by atoms with E-state index in [1.54, 1.807) is 12.1 Å². The molecule has 5 heteroatoms. The van der Waals surface area contributed by atoms with E-state index in [-0.39, 0.29) is 16.8 Å². The number of hydrogen-bond acceptors (Lipinski definition) is 2. The molecule has 0 radical (unpaired) electrons. The number of halogens is 1. The van der Waals surface area contributed by atoms with Gasteiger partial charge in [-0.25, -0.2) is 0 Å². The summed E-state index contributed by atoms with van der Waals surface area (Å²) in [5, 5.41) is -0.192. The van der Waals surface area contributed by atoms with Crippen LogP contribution < -0.4 is 10.5 Å². The second kappa shape index (κ2) is 3.46. The first-order valence-corrected chi connectivity index (χ1v) is 4.74. The molecule has 1 saturated heterocycles. The third kappa shape index (κ3) is 1.53. The molecular formula is C9H9ClN2O2. The van der Waals surface area contributed by atoms with Gasteiger partial charge in [0.05, 0.1) is 5.38 Å². The number of nitrogens with zero attached hydrogens (tertiary/aromatic N) is 1. The molecular weight excluding hydrogens is 204 g/mol. The Bertz CT molecular complexity index is 415. The van der Waals surface area contributed by atoms with Crippen molar-refractivity contribution in [3.63, 3.8) is 0 Å². The van der Waals surface area contributed by atoms with Crippen LogP contribution in [0, 0.1) is 0 Å². The van der Waals surface area contributed by atoms with E-state index in [9.17, 15) is 9.59 Å². The molecule has 1 unspecified atom stereocenters. The zero-order valence-electron chi connectivity index (χ0n) is 7.37. The molecule has 0 spiro atoms. The maximum Gasteiger partial charge on any atom is 0.271 e. The minimum Gasteiger partial charge on any atom is -0.327 e. The highest BCUT2D eigenvalue weighted by atomic mass is 35.5. The Hall–Kier alpha value is -1.29. The number of amides is 1. The van der Waals surface area contributed by atoms with Crippen LogP contribution in [0.4, 0.5) is 5.69 Å². The predicted molar refractivity (Wildman–Crippen MR) is 53.7 cm³/mol. The van der Waals surface area contributed by atoms with E-state index in [2.05, 4.69) is 4.98 Å². The number of nitrogens with one attached hydrogen (secondary N) is 1. The van der Waals surface area contributed by atoms with Crippen molar-refractivity contribution < 1.29 is 4.79 Å². The highest BCUT2D eigenvalue weighted by molar-refractivity contribution is 6.24. The lowest BCUT2D eigenvalue weighted by molar-refractivity contribution is -0.117. The van der Waals surface area contributed by atoms with Crippen LogP contribution in [0.25, 0.3) is 0 Å². The third-order valence-electron chi connectivity index (χ3n) is 2.17. The van der Waals surface area contributed by atoms with Gasteiger partial charge in [0.2, 0.25) is 5.91 Å². The van der Waals surface area contributed by atoms with Gasteiger partial charge in [-0.05, 0) is 12.1 Å². The van der Waals surface area contributed by atoms with Gasteiger partial charge in [-0.2, -0.15) is 0 Å². The standard InChI is InChI=1S/C9H9ClN2O2/c10-6-4-8(13)12(5-6)7-2-1-3-11-9(7)14/h1-3,6H,4-5H2,(H,11,14). The molecule has 1 amide bonds. The third-order valence-corrected chi connectivity index (χ3v) is 2.46. The monoisotopic (exact) mass is 212 g/mol. The Morgan fingerprint density at radius 1 is 1.50 bits per heavy atom. The highest BCUT2D eigenvalue weighted by Gasteiger charge is 2.30. The Morgan fingerprint density at radius 3 is 2.86 bits per heavy atom. The molecule has 1 aliphatic rings. The molecule has 2 heterocycles. The Kier molecular flexibility index (Phi) is 2.29. The quantitative estimate of drug-likeness (QED) is 0.698. The van der Waals surface area contributed by atoms with E-state index in [0.717, 1.165) is 0 Å². The fraction of sp³-hybridized carbons (Fsp3) is 0.333. The molecule has 74 valence electrons. The fourth-order valence-corrected chi connectivity index (χ4v) is 1.79. The summed E-state index contributed by atoms with van der Waals surface area (Å²) in [4.78, 5) is 26.7. The fourth-order valence-electron chi connectivity index (χ4n) is 1.52. The maximum atomic E-state index is 11.4. The molecule has 1 aliphatic heterocycles. The zero-order valence-corrected chi connectivity index (χ0v) is 8.12. The maximum absolute atomic E-state index is 11.4. The molecule has 2 rings (SSSR count). The first kappa shape index (κ1) is 9.27. The van der Waals surface area contributed by atoms with E-state index < -0.39 is 0 Å². The summed E-state index contributed by atoms with van der Waals surface area (Å²) >= 11 is 5.83. The number of anilines is 1. The summed E-state index contributed by atoms with van der Waals surface area (Å²) < 4.78 is 0. The van der Waals surface area contributed by atoms with Crippen molar-refractivity contribution in [1.29, 1.82) is 0 Å². The van der Waals surface area contributed by atoms with Crippen molar-refractivity contribution in [2.24, 2.45) is 0 Å². The van der Waals surface area contributed by atoms with Gasteiger partial charge in [0, 0.05) is 19.2 Å². The lowest BCUT2D eigenvalue weighted by Crippen LogP contribution is -2.30. The lowest BCUT2D eigenvalue weighted by atomic mass is 10.4. The SMILES string of the molecule is O=C1CC(Cl)CN1c1ccc[nH]c1=O. The number of alkyl halides is 1. The molecule has 0 aromatic carbocycles. The van der Waals surface area contributed by atoms with Crippen molar-refractivity contribution in [1.82, 2.24) is 4.98 Å².